The first-order valence-corrected chi connectivity index (χ1v) is 3.15. The van der Waals surface area contributed by atoms with Crippen molar-refractivity contribution in [2.24, 2.45) is 11.5 Å². The van der Waals surface area contributed by atoms with Crippen molar-refractivity contribution in [3.05, 3.63) is 0 Å². The van der Waals surface area contributed by atoms with E-state index >= 15 is 0 Å². The van der Waals surface area contributed by atoms with E-state index < -0.39 is 5.79 Å². The van der Waals surface area contributed by atoms with E-state index in [2.05, 4.69) is 5.32 Å². The first kappa shape index (κ1) is 7.30. The molecule has 1 rings (SSSR count). The maximum Gasteiger partial charge on any atom is 0.320 e. The van der Waals surface area contributed by atoms with Crippen LogP contribution in [-0.2, 0) is 0 Å². The molecule has 2 amide bonds. The Kier molecular flexibility index (Phi) is 1.53. The van der Waals surface area contributed by atoms with Gasteiger partial charge in [0.15, 0.2) is 0 Å². The molecule has 5 N–H and O–H groups in total. The smallest absolute Gasteiger partial charge is 0.320 e. The first-order chi connectivity index (χ1) is 4.52. The van der Waals surface area contributed by atoms with Crippen LogP contribution in [-0.4, -0.2) is 29.8 Å². The lowest BCUT2D eigenvalue weighted by Gasteiger charge is -2.29. The van der Waals surface area contributed by atoms with Gasteiger partial charge in [0.2, 0.25) is 0 Å². The predicted octanol–water partition coefficient (Wildman–Crippen LogP) is -1.40. The van der Waals surface area contributed by atoms with Gasteiger partial charge in [0, 0.05) is 13.1 Å². The molecule has 1 heterocycles. The molecule has 10 heavy (non-hydrogen) atoms. The van der Waals surface area contributed by atoms with Gasteiger partial charge in [-0.2, -0.15) is 0 Å². The zero-order chi connectivity index (χ0) is 7.78. The maximum atomic E-state index is 10.9. The van der Waals surface area contributed by atoms with E-state index in [0.717, 1.165) is 0 Å². The van der Waals surface area contributed by atoms with Crippen LogP contribution in [0.25, 0.3) is 0 Å². The molecule has 5 nitrogen and oxygen atoms in total. The van der Waals surface area contributed by atoms with Crippen molar-refractivity contribution in [1.29, 1.82) is 0 Å². The molecule has 0 aromatic rings. The summed E-state index contributed by atoms with van der Waals surface area (Å²) < 4.78 is 0. The molecule has 0 atom stereocenters. The van der Waals surface area contributed by atoms with Crippen LogP contribution in [0.2, 0.25) is 0 Å². The third-order valence-corrected chi connectivity index (χ3v) is 1.44. The molecule has 5 heteroatoms. The molecule has 0 spiro atoms. The number of hydrogen-bond acceptors (Lipinski definition) is 3. The fraction of sp³-hybridized carbons (Fsp3) is 0.800. The largest absolute Gasteiger partial charge is 0.336 e. The number of urea groups is 1. The molecule has 1 fully saturated rings. The summed E-state index contributed by atoms with van der Waals surface area (Å²) in [5.74, 6) is -1.03. The second kappa shape index (κ2) is 2.10. The third kappa shape index (κ3) is 1.19. The normalized spacial score (nSPS) is 19.5. The summed E-state index contributed by atoms with van der Waals surface area (Å²) in [6, 6.07) is -0.187. The maximum absolute atomic E-state index is 10.9. The van der Waals surface area contributed by atoms with Crippen molar-refractivity contribution in [3.8, 4) is 0 Å². The SMILES string of the molecule is CC(N)(N)N1CCNC1=O. The fourth-order valence-electron chi connectivity index (χ4n) is 0.931. The van der Waals surface area contributed by atoms with Crippen LogP contribution in [0.3, 0.4) is 0 Å². The summed E-state index contributed by atoms with van der Waals surface area (Å²) in [5.41, 5.74) is 10.9. The van der Waals surface area contributed by atoms with E-state index in [9.17, 15) is 4.79 Å². The summed E-state index contributed by atoms with van der Waals surface area (Å²) in [6.45, 7) is 2.81. The number of hydrogen-bond donors (Lipinski definition) is 3. The van der Waals surface area contributed by atoms with Gasteiger partial charge in [0.1, 0.15) is 5.79 Å². The summed E-state index contributed by atoms with van der Waals surface area (Å²) in [7, 11) is 0. The number of nitrogens with two attached hydrogens (primary N) is 2. The summed E-state index contributed by atoms with van der Waals surface area (Å²) in [6.07, 6.45) is 0. The molecule has 0 radical (unpaired) electrons. The molecule has 0 aromatic heterocycles. The quantitative estimate of drug-likeness (QED) is 0.396. The number of rotatable bonds is 1. The number of amides is 2. The van der Waals surface area contributed by atoms with Crippen molar-refractivity contribution in [1.82, 2.24) is 10.2 Å². The molecule has 58 valence electrons. The van der Waals surface area contributed by atoms with Gasteiger partial charge in [-0.3, -0.25) is 16.4 Å². The average Bonchev–Trinajstić information content (AvgIpc) is 2.11. The standard InChI is InChI=1S/C5H12N4O/c1-5(6,7)9-3-2-8-4(9)10/h2-3,6-7H2,1H3,(H,8,10). The van der Waals surface area contributed by atoms with Gasteiger partial charge >= 0.3 is 6.03 Å². The van der Waals surface area contributed by atoms with Crippen molar-refractivity contribution in [2.45, 2.75) is 12.7 Å². The van der Waals surface area contributed by atoms with Crippen LogP contribution >= 0.6 is 0 Å². The van der Waals surface area contributed by atoms with Crippen LogP contribution < -0.4 is 16.8 Å². The Labute approximate surface area is 59.3 Å². The van der Waals surface area contributed by atoms with Gasteiger partial charge in [-0.05, 0) is 6.92 Å². The van der Waals surface area contributed by atoms with Gasteiger partial charge in [0.25, 0.3) is 0 Å². The number of nitrogens with one attached hydrogen (secondary N) is 1. The van der Waals surface area contributed by atoms with Crippen LogP contribution in [0.4, 0.5) is 4.79 Å². The van der Waals surface area contributed by atoms with Gasteiger partial charge in [-0.1, -0.05) is 0 Å². The fourth-order valence-corrected chi connectivity index (χ4v) is 0.931. The predicted molar refractivity (Wildman–Crippen MR) is 36.9 cm³/mol. The van der Waals surface area contributed by atoms with E-state index in [1.807, 2.05) is 0 Å². The van der Waals surface area contributed by atoms with Crippen LogP contribution in [0.5, 0.6) is 0 Å². The lowest BCUT2D eigenvalue weighted by atomic mass is 10.4. The van der Waals surface area contributed by atoms with E-state index in [1.54, 1.807) is 6.92 Å². The van der Waals surface area contributed by atoms with Crippen molar-refractivity contribution >= 4 is 6.03 Å². The highest BCUT2D eigenvalue weighted by Crippen LogP contribution is 2.04. The molecule has 0 unspecified atom stereocenters. The summed E-state index contributed by atoms with van der Waals surface area (Å²) >= 11 is 0. The minimum atomic E-state index is -1.03. The molecule has 0 aromatic carbocycles. The minimum Gasteiger partial charge on any atom is -0.336 e. The average molecular weight is 144 g/mol. The molecule has 0 bridgehead atoms. The second-order valence-electron chi connectivity index (χ2n) is 2.61. The Hall–Kier alpha value is -0.810. The highest BCUT2D eigenvalue weighted by atomic mass is 16.2. The highest BCUT2D eigenvalue weighted by molar-refractivity contribution is 5.76. The van der Waals surface area contributed by atoms with Gasteiger partial charge in [-0.25, -0.2) is 4.79 Å². The zero-order valence-electron chi connectivity index (χ0n) is 5.92. The van der Waals surface area contributed by atoms with Gasteiger partial charge in [0.05, 0.1) is 0 Å². The van der Waals surface area contributed by atoms with Gasteiger partial charge in [-0.15, -0.1) is 0 Å². The lowest BCUT2D eigenvalue weighted by Crippen LogP contribution is -2.61. The Balaban J connectivity index is 2.64. The topological polar surface area (TPSA) is 84.4 Å². The van der Waals surface area contributed by atoms with Crippen LogP contribution in [0.1, 0.15) is 6.92 Å². The van der Waals surface area contributed by atoms with E-state index in [0.29, 0.717) is 13.1 Å². The molecule has 0 aliphatic carbocycles. The second-order valence-corrected chi connectivity index (χ2v) is 2.61. The van der Waals surface area contributed by atoms with E-state index in [4.69, 9.17) is 11.5 Å². The van der Waals surface area contributed by atoms with Crippen LogP contribution in [0, 0.1) is 0 Å². The molecule has 1 saturated heterocycles. The number of carbonyl (C=O) groups excluding carboxylic acids is 1. The molecular weight excluding hydrogens is 132 g/mol. The molecule has 0 saturated carbocycles. The van der Waals surface area contributed by atoms with Crippen molar-refractivity contribution in [2.75, 3.05) is 13.1 Å². The molecule has 1 aliphatic rings. The minimum absolute atomic E-state index is 0.187. The van der Waals surface area contributed by atoms with Crippen molar-refractivity contribution in [3.63, 3.8) is 0 Å². The first-order valence-electron chi connectivity index (χ1n) is 3.15. The summed E-state index contributed by atoms with van der Waals surface area (Å²) in [5, 5.41) is 2.60. The monoisotopic (exact) mass is 144 g/mol. The molecule has 1 aliphatic heterocycles. The number of carbonyl (C=O) groups is 1. The Morgan fingerprint density at radius 2 is 2.30 bits per heavy atom. The Bertz CT molecular complexity index is 150. The zero-order valence-corrected chi connectivity index (χ0v) is 5.92. The lowest BCUT2D eigenvalue weighted by molar-refractivity contribution is 0.156. The van der Waals surface area contributed by atoms with Crippen molar-refractivity contribution < 1.29 is 4.79 Å². The van der Waals surface area contributed by atoms with E-state index in [1.165, 1.54) is 4.90 Å². The van der Waals surface area contributed by atoms with E-state index in [-0.39, 0.29) is 6.03 Å². The summed E-state index contributed by atoms with van der Waals surface area (Å²) in [4.78, 5) is 12.3. The highest BCUT2D eigenvalue weighted by Gasteiger charge is 2.30. The number of nitrogens with zero attached hydrogens (tertiary/aromatic N) is 1. The Morgan fingerprint density at radius 3 is 2.50 bits per heavy atom. The Morgan fingerprint density at radius 1 is 1.70 bits per heavy atom. The van der Waals surface area contributed by atoms with Crippen LogP contribution in [0.15, 0.2) is 0 Å². The van der Waals surface area contributed by atoms with Gasteiger partial charge < -0.3 is 5.32 Å². The molecular formula is C5H12N4O. The third-order valence-electron chi connectivity index (χ3n) is 1.44.